The van der Waals surface area contributed by atoms with Gasteiger partial charge in [-0.05, 0) is 43.2 Å². The topological polar surface area (TPSA) is 74.8 Å². The lowest BCUT2D eigenvalue weighted by Gasteiger charge is -2.08. The van der Waals surface area contributed by atoms with E-state index in [1.807, 2.05) is 38.1 Å². The Labute approximate surface area is 133 Å². The highest BCUT2D eigenvalue weighted by molar-refractivity contribution is 5.95. The molecule has 1 amide bonds. The van der Waals surface area contributed by atoms with Crippen LogP contribution in [-0.2, 0) is 11.2 Å². The average molecular weight is 307 g/mol. The summed E-state index contributed by atoms with van der Waals surface area (Å²) in [5.41, 5.74) is 3.36. The molecule has 116 valence electrons. The van der Waals surface area contributed by atoms with Crippen LogP contribution >= 0.6 is 0 Å². The number of nitrogens with zero attached hydrogens (tertiary/aromatic N) is 1. The van der Waals surface area contributed by atoms with Gasteiger partial charge in [-0.1, -0.05) is 24.3 Å². The van der Waals surface area contributed by atoms with Gasteiger partial charge in [0.05, 0.1) is 17.5 Å². The second-order valence-corrected chi connectivity index (χ2v) is 5.57. The Kier molecular flexibility index (Phi) is 3.93. The maximum absolute atomic E-state index is 12.3. The average Bonchev–Trinajstić information content (AvgIpc) is 2.54. The molecule has 2 N–H and O–H groups in total. The first kappa shape index (κ1) is 15.0. The Morgan fingerprint density at radius 1 is 1.09 bits per heavy atom. The quantitative estimate of drug-likeness (QED) is 0.781. The molecule has 0 radical (unpaired) electrons. The van der Waals surface area contributed by atoms with E-state index in [0.29, 0.717) is 16.5 Å². The minimum absolute atomic E-state index is 0.101. The van der Waals surface area contributed by atoms with E-state index in [9.17, 15) is 9.59 Å². The summed E-state index contributed by atoms with van der Waals surface area (Å²) in [6, 6.07) is 12.9. The van der Waals surface area contributed by atoms with Crippen molar-refractivity contribution in [3.63, 3.8) is 0 Å². The van der Waals surface area contributed by atoms with Gasteiger partial charge in [0.15, 0.2) is 0 Å². The van der Waals surface area contributed by atoms with Crippen molar-refractivity contribution in [2.45, 2.75) is 20.3 Å². The van der Waals surface area contributed by atoms with E-state index in [-0.39, 0.29) is 17.9 Å². The van der Waals surface area contributed by atoms with E-state index in [1.165, 1.54) is 5.56 Å². The summed E-state index contributed by atoms with van der Waals surface area (Å²) >= 11 is 0. The van der Waals surface area contributed by atoms with Crippen LogP contribution in [-0.4, -0.2) is 16.1 Å². The lowest BCUT2D eigenvalue weighted by molar-refractivity contribution is -0.115. The van der Waals surface area contributed by atoms with Crippen LogP contribution in [0.25, 0.3) is 10.8 Å². The SMILES string of the molecule is Cc1ccc(NC(=O)Cc2n[nH]c(=O)c3ccccc23)cc1C. The highest BCUT2D eigenvalue weighted by Crippen LogP contribution is 2.16. The lowest BCUT2D eigenvalue weighted by Crippen LogP contribution is -2.18. The van der Waals surface area contributed by atoms with E-state index in [0.717, 1.165) is 11.3 Å². The molecule has 5 heteroatoms. The zero-order chi connectivity index (χ0) is 16.4. The van der Waals surface area contributed by atoms with Gasteiger partial charge in [0.25, 0.3) is 5.56 Å². The summed E-state index contributed by atoms with van der Waals surface area (Å²) in [6.07, 6.45) is 0.101. The third-order valence-electron chi connectivity index (χ3n) is 3.89. The number of aromatic nitrogens is 2. The largest absolute Gasteiger partial charge is 0.326 e. The first-order valence-corrected chi connectivity index (χ1v) is 7.38. The fourth-order valence-electron chi connectivity index (χ4n) is 2.48. The molecule has 0 bridgehead atoms. The number of carbonyl (C=O) groups is 1. The number of rotatable bonds is 3. The minimum Gasteiger partial charge on any atom is -0.326 e. The zero-order valence-corrected chi connectivity index (χ0v) is 13.0. The van der Waals surface area contributed by atoms with Crippen molar-refractivity contribution in [1.29, 1.82) is 0 Å². The van der Waals surface area contributed by atoms with E-state index in [1.54, 1.807) is 18.2 Å². The van der Waals surface area contributed by atoms with Crippen LogP contribution in [0, 0.1) is 13.8 Å². The van der Waals surface area contributed by atoms with E-state index in [2.05, 4.69) is 15.5 Å². The van der Waals surface area contributed by atoms with Crippen LogP contribution < -0.4 is 10.9 Å². The maximum atomic E-state index is 12.3. The highest BCUT2D eigenvalue weighted by atomic mass is 16.1. The normalized spacial score (nSPS) is 10.7. The molecule has 0 aliphatic rings. The minimum atomic E-state index is -0.251. The number of fused-ring (bicyclic) bond motifs is 1. The van der Waals surface area contributed by atoms with E-state index < -0.39 is 0 Å². The molecule has 2 aromatic carbocycles. The summed E-state index contributed by atoms with van der Waals surface area (Å²) in [5.74, 6) is -0.169. The van der Waals surface area contributed by atoms with Crippen LogP contribution in [0.2, 0.25) is 0 Å². The van der Waals surface area contributed by atoms with Gasteiger partial charge in [-0.25, -0.2) is 5.10 Å². The van der Waals surface area contributed by atoms with Gasteiger partial charge in [-0.15, -0.1) is 0 Å². The van der Waals surface area contributed by atoms with E-state index >= 15 is 0 Å². The Bertz CT molecular complexity index is 944. The van der Waals surface area contributed by atoms with Crippen LogP contribution in [0.15, 0.2) is 47.3 Å². The fourth-order valence-corrected chi connectivity index (χ4v) is 2.48. The number of nitrogens with one attached hydrogen (secondary N) is 2. The van der Waals surface area contributed by atoms with Crippen molar-refractivity contribution >= 4 is 22.4 Å². The second-order valence-electron chi connectivity index (χ2n) is 5.57. The second kappa shape index (κ2) is 6.04. The lowest BCUT2D eigenvalue weighted by atomic mass is 10.1. The molecule has 3 aromatic rings. The van der Waals surface area contributed by atoms with Gasteiger partial charge >= 0.3 is 0 Å². The molecule has 0 fully saturated rings. The number of carbonyl (C=O) groups excluding carboxylic acids is 1. The molecule has 3 rings (SSSR count). The Hall–Kier alpha value is -2.95. The van der Waals surface area contributed by atoms with Gasteiger partial charge in [0, 0.05) is 11.1 Å². The van der Waals surface area contributed by atoms with Crippen molar-refractivity contribution in [3.05, 3.63) is 69.6 Å². The molecule has 23 heavy (non-hydrogen) atoms. The van der Waals surface area contributed by atoms with Crippen LogP contribution in [0.5, 0.6) is 0 Å². The van der Waals surface area contributed by atoms with E-state index in [4.69, 9.17) is 0 Å². The molecule has 0 aliphatic heterocycles. The molecule has 0 saturated carbocycles. The molecule has 0 saturated heterocycles. The van der Waals surface area contributed by atoms with Gasteiger partial charge < -0.3 is 5.32 Å². The van der Waals surface area contributed by atoms with Crippen molar-refractivity contribution in [3.8, 4) is 0 Å². The molecule has 5 nitrogen and oxygen atoms in total. The summed E-state index contributed by atoms with van der Waals surface area (Å²) in [7, 11) is 0. The number of hydrogen-bond acceptors (Lipinski definition) is 3. The van der Waals surface area contributed by atoms with Gasteiger partial charge in [0.2, 0.25) is 5.91 Å². The summed E-state index contributed by atoms with van der Waals surface area (Å²) in [6.45, 7) is 4.03. The predicted molar refractivity (Wildman–Crippen MR) is 90.6 cm³/mol. The number of aryl methyl sites for hydroxylation is 2. The molecule has 0 spiro atoms. The van der Waals surface area contributed by atoms with Crippen LogP contribution in [0.1, 0.15) is 16.8 Å². The van der Waals surface area contributed by atoms with Crippen LogP contribution in [0.3, 0.4) is 0 Å². The predicted octanol–water partition coefficient (Wildman–Crippen LogP) is 2.72. The molecule has 1 heterocycles. The molecule has 0 aliphatic carbocycles. The van der Waals surface area contributed by atoms with Gasteiger partial charge in [-0.3, -0.25) is 9.59 Å². The standard InChI is InChI=1S/C18H17N3O2/c1-11-7-8-13(9-12(11)2)19-17(22)10-16-14-5-3-4-6-15(14)18(23)21-20-16/h3-9H,10H2,1-2H3,(H,19,22)(H,21,23). The summed E-state index contributed by atoms with van der Waals surface area (Å²) in [4.78, 5) is 24.0. The number of H-pyrrole nitrogens is 1. The first-order chi connectivity index (χ1) is 11.0. The smallest absolute Gasteiger partial charge is 0.272 e. The van der Waals surface area contributed by atoms with Crippen LogP contribution in [0.4, 0.5) is 5.69 Å². The first-order valence-electron chi connectivity index (χ1n) is 7.38. The van der Waals surface area contributed by atoms with Gasteiger partial charge in [0.1, 0.15) is 0 Å². The molecule has 0 atom stereocenters. The third kappa shape index (κ3) is 3.13. The highest BCUT2D eigenvalue weighted by Gasteiger charge is 2.11. The summed E-state index contributed by atoms with van der Waals surface area (Å²) in [5, 5.41) is 10.6. The van der Waals surface area contributed by atoms with Crippen molar-refractivity contribution in [1.82, 2.24) is 10.2 Å². The molecular weight excluding hydrogens is 290 g/mol. The Morgan fingerprint density at radius 2 is 1.83 bits per heavy atom. The number of aromatic amines is 1. The van der Waals surface area contributed by atoms with Gasteiger partial charge in [-0.2, -0.15) is 5.10 Å². The number of hydrogen-bond donors (Lipinski definition) is 2. The maximum Gasteiger partial charge on any atom is 0.272 e. The summed E-state index contributed by atoms with van der Waals surface area (Å²) < 4.78 is 0. The monoisotopic (exact) mass is 307 g/mol. The van der Waals surface area contributed by atoms with Crippen molar-refractivity contribution in [2.24, 2.45) is 0 Å². The third-order valence-corrected chi connectivity index (χ3v) is 3.89. The number of anilines is 1. The van der Waals surface area contributed by atoms with Crippen molar-refractivity contribution in [2.75, 3.05) is 5.32 Å². The molecule has 1 aromatic heterocycles. The molecular formula is C18H17N3O2. The Morgan fingerprint density at radius 3 is 2.57 bits per heavy atom. The number of amides is 1. The number of benzene rings is 2. The molecule has 0 unspecified atom stereocenters. The Balaban J connectivity index is 1.84. The zero-order valence-electron chi connectivity index (χ0n) is 13.0. The van der Waals surface area contributed by atoms with Crippen molar-refractivity contribution < 1.29 is 4.79 Å². The fraction of sp³-hybridized carbons (Fsp3) is 0.167.